The molecule has 2 rings (SSSR count). The van der Waals surface area contributed by atoms with Gasteiger partial charge < -0.3 is 14.6 Å². The third-order valence-corrected chi connectivity index (χ3v) is 4.68. The molecule has 0 bridgehead atoms. The highest BCUT2D eigenvalue weighted by Crippen LogP contribution is 2.21. The summed E-state index contributed by atoms with van der Waals surface area (Å²) >= 11 is 0. The van der Waals surface area contributed by atoms with Crippen molar-refractivity contribution in [2.45, 2.75) is 53.1 Å². The summed E-state index contributed by atoms with van der Waals surface area (Å²) in [6, 6.07) is 1.84. The molecule has 1 atom stereocenters. The number of furan rings is 1. The molecule has 2 amide bonds. The summed E-state index contributed by atoms with van der Waals surface area (Å²) in [5.74, 6) is 1.13. The molecule has 1 aromatic heterocycles. The van der Waals surface area contributed by atoms with E-state index in [2.05, 4.69) is 24.1 Å². The minimum atomic E-state index is -0.125. The van der Waals surface area contributed by atoms with Crippen LogP contribution in [0.15, 0.2) is 10.5 Å². The fourth-order valence-corrected chi connectivity index (χ4v) is 3.04. The normalized spacial score (nSPS) is 18.6. The third kappa shape index (κ3) is 4.17. The largest absolute Gasteiger partial charge is 0.456 e. The highest BCUT2D eigenvalue weighted by atomic mass is 16.4. The maximum atomic E-state index is 12.9. The first kappa shape index (κ1) is 18.5. The molecule has 0 spiro atoms. The van der Waals surface area contributed by atoms with Crippen molar-refractivity contribution < 1.29 is 14.0 Å². The molecule has 134 valence electrons. The predicted molar refractivity (Wildman–Crippen MR) is 92.8 cm³/mol. The van der Waals surface area contributed by atoms with Crippen LogP contribution in [0.5, 0.6) is 0 Å². The monoisotopic (exact) mass is 335 g/mol. The van der Waals surface area contributed by atoms with E-state index in [1.165, 1.54) is 0 Å². The summed E-state index contributed by atoms with van der Waals surface area (Å²) in [4.78, 5) is 28.4. The number of rotatable bonds is 6. The van der Waals surface area contributed by atoms with E-state index in [1.807, 2.05) is 19.9 Å². The van der Waals surface area contributed by atoms with Gasteiger partial charge in [0.15, 0.2) is 5.76 Å². The summed E-state index contributed by atoms with van der Waals surface area (Å²) in [6.07, 6.45) is 1.10. The fraction of sp³-hybridized carbons (Fsp3) is 0.667. The van der Waals surface area contributed by atoms with Gasteiger partial charge in [0, 0.05) is 44.1 Å². The lowest BCUT2D eigenvalue weighted by Crippen LogP contribution is -2.41. The van der Waals surface area contributed by atoms with Gasteiger partial charge in [-0.1, -0.05) is 20.8 Å². The molecule has 1 saturated heterocycles. The van der Waals surface area contributed by atoms with Crippen LogP contribution in [0.4, 0.5) is 0 Å². The first-order valence-electron chi connectivity index (χ1n) is 8.91. The zero-order valence-corrected chi connectivity index (χ0v) is 15.2. The minimum Gasteiger partial charge on any atom is -0.456 e. The number of hydrogen-bond acceptors (Lipinski definition) is 4. The molecular weight excluding hydrogens is 306 g/mol. The maximum Gasteiger partial charge on any atom is 0.289 e. The van der Waals surface area contributed by atoms with E-state index in [1.54, 1.807) is 4.90 Å². The molecule has 24 heavy (non-hydrogen) atoms. The Labute approximate surface area is 144 Å². The van der Waals surface area contributed by atoms with Crippen molar-refractivity contribution in [2.24, 2.45) is 0 Å². The first-order chi connectivity index (χ1) is 11.5. The first-order valence-corrected chi connectivity index (χ1v) is 8.91. The highest BCUT2D eigenvalue weighted by Gasteiger charge is 2.28. The van der Waals surface area contributed by atoms with Crippen molar-refractivity contribution in [3.05, 3.63) is 23.2 Å². The number of carbonyl (C=O) groups is 2. The molecule has 0 saturated carbocycles. The Hall–Kier alpha value is -1.82. The smallest absolute Gasteiger partial charge is 0.289 e. The van der Waals surface area contributed by atoms with Crippen molar-refractivity contribution in [2.75, 3.05) is 26.2 Å². The molecule has 1 fully saturated rings. The summed E-state index contributed by atoms with van der Waals surface area (Å²) in [7, 11) is 0. The summed E-state index contributed by atoms with van der Waals surface area (Å²) in [5, 5.41) is 2.83. The standard InChI is InChI=1S/C18H29N3O3/c1-5-15-14(12-20(6-2)7-3)10-16(24-15)18(23)21-9-8-17(22)19-11-13(21)4/h10,13H,5-9,11-12H2,1-4H3,(H,19,22). The molecule has 0 aromatic carbocycles. The molecule has 0 radical (unpaired) electrons. The topological polar surface area (TPSA) is 65.8 Å². The van der Waals surface area contributed by atoms with E-state index in [4.69, 9.17) is 4.42 Å². The number of hydrogen-bond donors (Lipinski definition) is 1. The molecule has 1 N–H and O–H groups in total. The number of nitrogens with one attached hydrogen (secondary N) is 1. The molecular formula is C18H29N3O3. The van der Waals surface area contributed by atoms with Crippen LogP contribution >= 0.6 is 0 Å². The number of aryl methyl sites for hydroxylation is 1. The minimum absolute atomic E-state index is 0.00642. The lowest BCUT2D eigenvalue weighted by molar-refractivity contribution is -0.120. The Balaban J connectivity index is 2.19. The molecule has 1 aliphatic rings. The molecule has 1 aliphatic heterocycles. The van der Waals surface area contributed by atoms with Crippen molar-refractivity contribution >= 4 is 11.8 Å². The molecule has 2 heterocycles. The zero-order valence-electron chi connectivity index (χ0n) is 15.2. The predicted octanol–water partition coefficient (Wildman–Crippen LogP) is 2.03. The third-order valence-electron chi connectivity index (χ3n) is 4.68. The zero-order chi connectivity index (χ0) is 17.7. The van der Waals surface area contributed by atoms with Crippen LogP contribution in [0.3, 0.4) is 0 Å². The Morgan fingerprint density at radius 3 is 2.71 bits per heavy atom. The van der Waals surface area contributed by atoms with E-state index in [0.717, 1.165) is 37.4 Å². The van der Waals surface area contributed by atoms with Crippen LogP contribution in [0.1, 0.15) is 56.0 Å². The van der Waals surface area contributed by atoms with Crippen LogP contribution in [0.25, 0.3) is 0 Å². The average molecular weight is 335 g/mol. The van der Waals surface area contributed by atoms with Crippen molar-refractivity contribution in [3.63, 3.8) is 0 Å². The number of carbonyl (C=O) groups excluding carboxylic acids is 2. The number of nitrogens with zero attached hydrogens (tertiary/aromatic N) is 2. The highest BCUT2D eigenvalue weighted by molar-refractivity contribution is 5.92. The molecule has 1 unspecified atom stereocenters. The second-order valence-corrected chi connectivity index (χ2v) is 6.28. The fourth-order valence-electron chi connectivity index (χ4n) is 3.04. The van der Waals surface area contributed by atoms with Gasteiger partial charge in [-0.3, -0.25) is 14.5 Å². The van der Waals surface area contributed by atoms with Crippen LogP contribution in [0, 0.1) is 0 Å². The van der Waals surface area contributed by atoms with E-state index < -0.39 is 0 Å². The van der Waals surface area contributed by atoms with Gasteiger partial charge in [-0.25, -0.2) is 0 Å². The van der Waals surface area contributed by atoms with Gasteiger partial charge in [-0.15, -0.1) is 0 Å². The van der Waals surface area contributed by atoms with Gasteiger partial charge >= 0.3 is 0 Å². The van der Waals surface area contributed by atoms with Crippen LogP contribution in [-0.4, -0.2) is 53.8 Å². The van der Waals surface area contributed by atoms with Crippen LogP contribution in [0.2, 0.25) is 0 Å². The Bertz CT molecular complexity index is 578. The van der Waals surface area contributed by atoms with Crippen LogP contribution in [-0.2, 0) is 17.8 Å². The molecule has 6 nitrogen and oxygen atoms in total. The second-order valence-electron chi connectivity index (χ2n) is 6.28. The Morgan fingerprint density at radius 1 is 1.38 bits per heavy atom. The van der Waals surface area contributed by atoms with Crippen molar-refractivity contribution in [3.8, 4) is 0 Å². The molecule has 6 heteroatoms. The van der Waals surface area contributed by atoms with Crippen molar-refractivity contribution in [1.29, 1.82) is 0 Å². The van der Waals surface area contributed by atoms with E-state index in [9.17, 15) is 9.59 Å². The van der Waals surface area contributed by atoms with Crippen molar-refractivity contribution in [1.82, 2.24) is 15.1 Å². The van der Waals surface area contributed by atoms with E-state index in [0.29, 0.717) is 25.3 Å². The lowest BCUT2D eigenvalue weighted by Gasteiger charge is -2.25. The van der Waals surface area contributed by atoms with Gasteiger partial charge in [-0.05, 0) is 26.1 Å². The number of amides is 2. The van der Waals surface area contributed by atoms with Gasteiger partial charge in [0.2, 0.25) is 5.91 Å². The summed E-state index contributed by atoms with van der Waals surface area (Å²) in [6.45, 7) is 11.9. The van der Waals surface area contributed by atoms with Gasteiger partial charge in [0.1, 0.15) is 5.76 Å². The maximum absolute atomic E-state index is 12.9. The molecule has 1 aromatic rings. The lowest BCUT2D eigenvalue weighted by atomic mass is 10.2. The average Bonchev–Trinajstić information content (AvgIpc) is 2.92. The SMILES string of the molecule is CCc1oc(C(=O)N2CCC(=O)NCC2C)cc1CN(CC)CC. The molecule has 0 aliphatic carbocycles. The second kappa shape index (κ2) is 8.33. The van der Waals surface area contributed by atoms with E-state index in [-0.39, 0.29) is 17.9 Å². The van der Waals surface area contributed by atoms with Crippen LogP contribution < -0.4 is 5.32 Å². The summed E-state index contributed by atoms with van der Waals surface area (Å²) < 4.78 is 5.86. The van der Waals surface area contributed by atoms with Gasteiger partial charge in [0.05, 0.1) is 0 Å². The Kier molecular flexibility index (Phi) is 6.43. The van der Waals surface area contributed by atoms with Gasteiger partial charge in [-0.2, -0.15) is 0 Å². The van der Waals surface area contributed by atoms with Gasteiger partial charge in [0.25, 0.3) is 5.91 Å². The Morgan fingerprint density at radius 2 is 2.08 bits per heavy atom. The quantitative estimate of drug-likeness (QED) is 0.864. The van der Waals surface area contributed by atoms with E-state index >= 15 is 0 Å². The summed E-state index contributed by atoms with van der Waals surface area (Å²) in [5.41, 5.74) is 1.08.